The second-order valence-corrected chi connectivity index (χ2v) is 5.27. The van der Waals surface area contributed by atoms with Crippen molar-refractivity contribution in [3.05, 3.63) is 58.4 Å². The lowest BCUT2D eigenvalue weighted by atomic mass is 10.0. The number of pyridine rings is 1. The third-order valence-electron chi connectivity index (χ3n) is 3.45. The summed E-state index contributed by atoms with van der Waals surface area (Å²) in [5.41, 5.74) is -0.0976. The van der Waals surface area contributed by atoms with Crippen LogP contribution in [0.25, 0.3) is 11.0 Å². The van der Waals surface area contributed by atoms with E-state index in [1.54, 1.807) is 6.92 Å². The minimum absolute atomic E-state index is 0.0707. The van der Waals surface area contributed by atoms with Crippen molar-refractivity contribution in [2.24, 2.45) is 0 Å². The van der Waals surface area contributed by atoms with Crippen molar-refractivity contribution >= 4 is 34.1 Å². The molecule has 2 heterocycles. The number of aromatic amines is 1. The van der Waals surface area contributed by atoms with Gasteiger partial charge in [-0.25, -0.2) is 13.8 Å². The number of anilines is 1. The smallest absolute Gasteiger partial charge is 0.201 e. The monoisotopic (exact) mass is 335 g/mol. The van der Waals surface area contributed by atoms with Gasteiger partial charge >= 0.3 is 0 Å². The minimum atomic E-state index is -0.927. The van der Waals surface area contributed by atoms with Crippen molar-refractivity contribution in [1.29, 1.82) is 0 Å². The van der Waals surface area contributed by atoms with Crippen molar-refractivity contribution in [2.45, 2.75) is 6.92 Å². The fraction of sp³-hybridized carbons (Fsp3) is 0.125. The first kappa shape index (κ1) is 15.4. The van der Waals surface area contributed by atoms with Gasteiger partial charge in [0.25, 0.3) is 0 Å². The molecule has 2 aromatic heterocycles. The molecule has 0 spiro atoms. The number of rotatable bonds is 4. The van der Waals surface area contributed by atoms with Gasteiger partial charge in [-0.2, -0.15) is 0 Å². The Labute approximate surface area is 135 Å². The Balaban J connectivity index is 2.18. The molecule has 3 aromatic rings. The number of halogens is 3. The molecule has 7 heteroatoms. The second kappa shape index (κ2) is 5.96. The highest BCUT2D eigenvalue weighted by Gasteiger charge is 2.25. The summed E-state index contributed by atoms with van der Waals surface area (Å²) in [5.74, 6) is -2.64. The zero-order chi connectivity index (χ0) is 16.6. The first-order valence-electron chi connectivity index (χ1n) is 6.92. The number of nitrogens with one attached hydrogen (secondary N) is 2. The van der Waals surface area contributed by atoms with Gasteiger partial charge in [-0.3, -0.25) is 4.79 Å². The predicted molar refractivity (Wildman–Crippen MR) is 85.1 cm³/mol. The van der Waals surface area contributed by atoms with Crippen LogP contribution in [0.1, 0.15) is 22.8 Å². The van der Waals surface area contributed by atoms with Crippen molar-refractivity contribution in [3.63, 3.8) is 0 Å². The first-order chi connectivity index (χ1) is 11.0. The summed E-state index contributed by atoms with van der Waals surface area (Å²) in [4.78, 5) is 19.5. The Morgan fingerprint density at radius 3 is 2.87 bits per heavy atom. The van der Waals surface area contributed by atoms with Crippen LogP contribution in [0.2, 0.25) is 5.02 Å². The lowest BCUT2D eigenvalue weighted by molar-refractivity contribution is 0.103. The quantitative estimate of drug-likeness (QED) is 0.704. The number of carbonyl (C=O) groups is 1. The van der Waals surface area contributed by atoms with Gasteiger partial charge in [-0.1, -0.05) is 11.6 Å². The highest BCUT2D eigenvalue weighted by molar-refractivity contribution is 6.37. The Hall–Kier alpha value is -2.47. The van der Waals surface area contributed by atoms with E-state index in [-0.39, 0.29) is 16.3 Å². The largest absolute Gasteiger partial charge is 0.383 e. The first-order valence-corrected chi connectivity index (χ1v) is 7.30. The van der Waals surface area contributed by atoms with Crippen LogP contribution in [0.4, 0.5) is 14.5 Å². The van der Waals surface area contributed by atoms with E-state index >= 15 is 0 Å². The van der Waals surface area contributed by atoms with E-state index in [9.17, 15) is 13.6 Å². The van der Waals surface area contributed by atoms with Crippen LogP contribution in [0.15, 0.2) is 30.6 Å². The molecule has 3 rings (SSSR count). The molecule has 0 aliphatic heterocycles. The third-order valence-corrected chi connectivity index (χ3v) is 3.77. The molecule has 0 saturated carbocycles. The standard InChI is InChI=1S/C16H12ClF2N3O/c1-2-20-11-4-3-10(18)13(14(11)19)15(23)8-7-22-16-12(8)9(17)5-6-21-16/h3-7,20H,2H2,1H3,(H,21,22). The van der Waals surface area contributed by atoms with E-state index in [0.29, 0.717) is 17.6 Å². The van der Waals surface area contributed by atoms with Crippen LogP contribution >= 0.6 is 11.6 Å². The number of ketones is 1. The number of carbonyl (C=O) groups excluding carboxylic acids is 1. The fourth-order valence-electron chi connectivity index (χ4n) is 2.42. The van der Waals surface area contributed by atoms with Crippen LogP contribution in [0.3, 0.4) is 0 Å². The van der Waals surface area contributed by atoms with Crippen molar-refractivity contribution in [1.82, 2.24) is 9.97 Å². The molecule has 2 N–H and O–H groups in total. The zero-order valence-electron chi connectivity index (χ0n) is 12.1. The fourth-order valence-corrected chi connectivity index (χ4v) is 2.67. The molecule has 4 nitrogen and oxygen atoms in total. The molecule has 0 aliphatic rings. The molecule has 0 radical (unpaired) electrons. The molecule has 0 amide bonds. The van der Waals surface area contributed by atoms with Gasteiger partial charge in [0.1, 0.15) is 11.5 Å². The van der Waals surface area contributed by atoms with Gasteiger partial charge in [0.05, 0.1) is 21.8 Å². The number of aromatic nitrogens is 2. The SMILES string of the molecule is CCNc1ccc(F)c(C(=O)c2c[nH]c3nccc(Cl)c23)c1F. The lowest BCUT2D eigenvalue weighted by Gasteiger charge is -2.09. The van der Waals surface area contributed by atoms with Crippen molar-refractivity contribution < 1.29 is 13.6 Å². The van der Waals surface area contributed by atoms with E-state index < -0.39 is 23.0 Å². The predicted octanol–water partition coefficient (Wildman–Crippen LogP) is 4.16. The average Bonchev–Trinajstić information content (AvgIpc) is 2.96. The maximum Gasteiger partial charge on any atom is 0.201 e. The summed E-state index contributed by atoms with van der Waals surface area (Å²) in [6.07, 6.45) is 2.83. The number of nitrogens with zero attached hydrogens (tertiary/aromatic N) is 1. The van der Waals surface area contributed by atoms with E-state index in [1.165, 1.54) is 24.5 Å². The van der Waals surface area contributed by atoms with Crippen LogP contribution < -0.4 is 5.32 Å². The number of benzene rings is 1. The van der Waals surface area contributed by atoms with Gasteiger partial charge in [0.15, 0.2) is 5.82 Å². The third kappa shape index (κ3) is 2.55. The van der Waals surface area contributed by atoms with Gasteiger partial charge in [-0.05, 0) is 25.1 Å². The summed E-state index contributed by atoms with van der Waals surface area (Å²) in [6.45, 7) is 2.22. The number of hydrogen-bond donors (Lipinski definition) is 2. The van der Waals surface area contributed by atoms with Gasteiger partial charge < -0.3 is 10.3 Å². The van der Waals surface area contributed by atoms with Crippen LogP contribution in [0, 0.1) is 11.6 Å². The number of H-pyrrole nitrogens is 1. The van der Waals surface area contributed by atoms with Gasteiger partial charge in [-0.15, -0.1) is 0 Å². The Bertz CT molecular complexity index is 908. The summed E-state index contributed by atoms with van der Waals surface area (Å²) in [6, 6.07) is 3.83. The van der Waals surface area contributed by atoms with Crippen molar-refractivity contribution in [2.75, 3.05) is 11.9 Å². The van der Waals surface area contributed by atoms with E-state index in [1.807, 2.05) is 0 Å². The van der Waals surface area contributed by atoms with Crippen LogP contribution in [0.5, 0.6) is 0 Å². The normalized spacial score (nSPS) is 11.0. The number of fused-ring (bicyclic) bond motifs is 1. The maximum absolute atomic E-state index is 14.5. The molecule has 0 bridgehead atoms. The summed E-state index contributed by atoms with van der Waals surface area (Å²) >= 11 is 6.08. The number of hydrogen-bond acceptors (Lipinski definition) is 3. The van der Waals surface area contributed by atoms with Crippen LogP contribution in [-0.2, 0) is 0 Å². The highest BCUT2D eigenvalue weighted by Crippen LogP contribution is 2.29. The van der Waals surface area contributed by atoms with Gasteiger partial charge in [0, 0.05) is 24.3 Å². The minimum Gasteiger partial charge on any atom is -0.383 e. The van der Waals surface area contributed by atoms with Crippen LogP contribution in [-0.4, -0.2) is 22.3 Å². The average molecular weight is 336 g/mol. The molecule has 0 fully saturated rings. The maximum atomic E-state index is 14.5. The second-order valence-electron chi connectivity index (χ2n) is 4.86. The van der Waals surface area contributed by atoms with E-state index in [2.05, 4.69) is 15.3 Å². The van der Waals surface area contributed by atoms with E-state index in [0.717, 1.165) is 6.07 Å². The molecule has 0 aliphatic carbocycles. The molecule has 1 aromatic carbocycles. The summed E-state index contributed by atoms with van der Waals surface area (Å²) in [5, 5.41) is 3.37. The summed E-state index contributed by atoms with van der Waals surface area (Å²) in [7, 11) is 0. The van der Waals surface area contributed by atoms with Crippen molar-refractivity contribution in [3.8, 4) is 0 Å². The van der Waals surface area contributed by atoms with E-state index in [4.69, 9.17) is 11.6 Å². The summed E-state index contributed by atoms with van der Waals surface area (Å²) < 4.78 is 28.5. The Morgan fingerprint density at radius 1 is 1.35 bits per heavy atom. The molecule has 0 saturated heterocycles. The molecule has 0 unspecified atom stereocenters. The highest BCUT2D eigenvalue weighted by atomic mass is 35.5. The zero-order valence-corrected chi connectivity index (χ0v) is 12.8. The lowest BCUT2D eigenvalue weighted by Crippen LogP contribution is -2.10. The van der Waals surface area contributed by atoms with Gasteiger partial charge in [0.2, 0.25) is 5.78 Å². The Morgan fingerprint density at radius 2 is 2.13 bits per heavy atom. The Kier molecular flexibility index (Phi) is 4.00. The molecular formula is C16H12ClF2N3O. The topological polar surface area (TPSA) is 57.8 Å². The molecule has 23 heavy (non-hydrogen) atoms. The molecular weight excluding hydrogens is 324 g/mol. The molecule has 0 atom stereocenters. The molecule has 118 valence electrons.